The summed E-state index contributed by atoms with van der Waals surface area (Å²) >= 11 is 5.43. The van der Waals surface area contributed by atoms with E-state index in [1.165, 1.54) is 11.7 Å². The second kappa shape index (κ2) is 5.58. The van der Waals surface area contributed by atoms with Gasteiger partial charge in [0.05, 0.1) is 13.2 Å². The Morgan fingerprint density at radius 2 is 2.60 bits per heavy atom. The summed E-state index contributed by atoms with van der Waals surface area (Å²) in [6.07, 6.45) is -0.267. The van der Waals surface area contributed by atoms with E-state index in [0.29, 0.717) is 19.7 Å². The van der Waals surface area contributed by atoms with Gasteiger partial charge in [0.2, 0.25) is 0 Å². The Morgan fingerprint density at radius 3 is 3.20 bits per heavy atom. The molecule has 0 aromatic rings. The van der Waals surface area contributed by atoms with Gasteiger partial charge in [0.15, 0.2) is 0 Å². The van der Waals surface area contributed by atoms with Crippen LogP contribution in [0.15, 0.2) is 5.22 Å². The molecule has 1 aliphatic rings. The van der Waals surface area contributed by atoms with E-state index < -0.39 is 6.72 Å². The average molecular weight is 255 g/mol. The quantitative estimate of drug-likeness (QED) is 0.332. The van der Waals surface area contributed by atoms with Gasteiger partial charge in [-0.2, -0.15) is 4.91 Å². The molecule has 9 heteroatoms. The molecule has 86 valence electrons. The maximum atomic E-state index is 11.1. The molecule has 15 heavy (non-hydrogen) atoms. The molecule has 0 aromatic carbocycles. The second-order valence-corrected chi connectivity index (χ2v) is 6.72. The minimum Gasteiger partial charge on any atom is -0.368 e. The van der Waals surface area contributed by atoms with E-state index in [0.717, 1.165) is 0 Å². The highest BCUT2D eigenvalue weighted by molar-refractivity contribution is 7.84. The zero-order chi connectivity index (χ0) is 11.3. The number of rotatable bonds is 4. The molecule has 0 radical (unpaired) electrons. The monoisotopic (exact) mass is 254 g/mol. The Bertz CT molecular complexity index is 303. The molecule has 0 N–H and O–H groups in total. The number of azide groups is 1. The molecule has 1 rings (SSSR count). The van der Waals surface area contributed by atoms with E-state index in [4.69, 9.17) is 26.0 Å². The van der Waals surface area contributed by atoms with Crippen LogP contribution in [0.3, 0.4) is 0 Å². The molecule has 0 amide bonds. The first-order valence-electron chi connectivity index (χ1n) is 4.34. The van der Waals surface area contributed by atoms with Crippen LogP contribution in [0.5, 0.6) is 0 Å². The minimum atomic E-state index is -3.00. The van der Waals surface area contributed by atoms with Gasteiger partial charge in [-0.3, -0.25) is 4.57 Å². The third-order valence-electron chi connectivity index (χ3n) is 1.77. The molecule has 2 unspecified atom stereocenters. The molecule has 1 fully saturated rings. The second-order valence-electron chi connectivity index (χ2n) is 3.13. The lowest BCUT2D eigenvalue weighted by Crippen LogP contribution is -2.41. The summed E-state index contributed by atoms with van der Waals surface area (Å²) in [5, 5.41) is 4.99. The van der Waals surface area contributed by atoms with Gasteiger partial charge < -0.3 is 9.26 Å². The number of hydrogen-bond acceptors (Lipinski definition) is 4. The van der Waals surface area contributed by atoms with Crippen molar-refractivity contribution in [2.75, 3.05) is 33.0 Å². The van der Waals surface area contributed by atoms with Crippen LogP contribution in [0.4, 0.5) is 0 Å². The Balaban J connectivity index is 2.36. The largest absolute Gasteiger partial charge is 0.368 e. The zero-order valence-electron chi connectivity index (χ0n) is 8.24. The smallest absolute Gasteiger partial charge is 0.287 e. The summed E-state index contributed by atoms with van der Waals surface area (Å²) in [7, 11) is 0. The third kappa shape index (κ3) is 5.25. The highest BCUT2D eigenvalue weighted by atomic mass is 35.7. The molecule has 0 spiro atoms. The molecule has 1 saturated heterocycles. The van der Waals surface area contributed by atoms with Crippen LogP contribution >= 0.6 is 18.0 Å². The summed E-state index contributed by atoms with van der Waals surface area (Å²) in [6, 6.07) is 0. The van der Waals surface area contributed by atoms with Crippen LogP contribution in [-0.2, 0) is 13.8 Å². The van der Waals surface area contributed by atoms with Crippen molar-refractivity contribution in [3.63, 3.8) is 0 Å². The fourth-order valence-corrected chi connectivity index (χ4v) is 1.76. The van der Waals surface area contributed by atoms with Gasteiger partial charge in [-0.15, -0.1) is 5.53 Å². The standard InChI is InChI=1S/C6H12ClN4O3P/c1-15(7,12)14-5-6-4-11(10-9-8)2-3-13-6/h6H,2-5H2,1H3. The molecule has 0 aliphatic carbocycles. The van der Waals surface area contributed by atoms with Crippen molar-refractivity contribution in [3.8, 4) is 0 Å². The number of hydrogen-bond donors (Lipinski definition) is 0. The summed E-state index contributed by atoms with van der Waals surface area (Å²) < 4.78 is 21.3. The predicted octanol–water partition coefficient (Wildman–Crippen LogP) is 1.99. The Hall–Kier alpha value is -0.450. The number of nitrogens with zero attached hydrogens (tertiary/aromatic N) is 4. The predicted molar refractivity (Wildman–Crippen MR) is 55.8 cm³/mol. The molecule has 0 saturated carbocycles. The lowest BCUT2D eigenvalue weighted by molar-refractivity contribution is -0.0471. The van der Waals surface area contributed by atoms with Crippen molar-refractivity contribution < 1.29 is 13.8 Å². The van der Waals surface area contributed by atoms with E-state index >= 15 is 0 Å². The van der Waals surface area contributed by atoms with E-state index in [-0.39, 0.29) is 12.7 Å². The van der Waals surface area contributed by atoms with Gasteiger partial charge >= 0.3 is 0 Å². The van der Waals surface area contributed by atoms with Gasteiger partial charge in [0, 0.05) is 6.66 Å². The number of ether oxygens (including phenoxy) is 1. The molecule has 7 nitrogen and oxygen atoms in total. The highest BCUT2D eigenvalue weighted by Gasteiger charge is 2.24. The SMILES string of the molecule is CP(=O)(Cl)OCC1CN(N=[N+]=[N-])CCO1. The molecule has 2 atom stereocenters. The van der Waals surface area contributed by atoms with Gasteiger partial charge in [0.25, 0.3) is 6.72 Å². The molecular weight excluding hydrogens is 243 g/mol. The van der Waals surface area contributed by atoms with E-state index in [1.54, 1.807) is 0 Å². The molecule has 1 heterocycles. The summed E-state index contributed by atoms with van der Waals surface area (Å²) in [4.78, 5) is 2.68. The van der Waals surface area contributed by atoms with Gasteiger partial charge in [-0.1, -0.05) is 0 Å². The van der Waals surface area contributed by atoms with Crippen molar-refractivity contribution in [1.82, 2.24) is 5.01 Å². The summed E-state index contributed by atoms with van der Waals surface area (Å²) in [5.41, 5.74) is 8.24. The minimum absolute atomic E-state index is 0.134. The van der Waals surface area contributed by atoms with E-state index in [2.05, 4.69) is 10.1 Å². The fourth-order valence-electron chi connectivity index (χ4n) is 1.16. The van der Waals surface area contributed by atoms with Gasteiger partial charge in [-0.05, 0) is 16.5 Å². The van der Waals surface area contributed by atoms with Crippen LogP contribution in [0, 0.1) is 0 Å². The van der Waals surface area contributed by atoms with Crippen LogP contribution in [-0.4, -0.2) is 44.1 Å². The Morgan fingerprint density at radius 1 is 1.87 bits per heavy atom. The topological polar surface area (TPSA) is 87.5 Å². The van der Waals surface area contributed by atoms with Crippen LogP contribution in [0.25, 0.3) is 10.4 Å². The molecule has 0 aromatic heterocycles. The lowest BCUT2D eigenvalue weighted by atomic mass is 10.3. The van der Waals surface area contributed by atoms with Gasteiger partial charge in [-0.25, -0.2) is 5.01 Å². The number of morpholine rings is 1. The maximum Gasteiger partial charge on any atom is 0.287 e. The first-order chi connectivity index (χ1) is 7.01. The van der Waals surface area contributed by atoms with Crippen molar-refractivity contribution in [2.24, 2.45) is 5.22 Å². The van der Waals surface area contributed by atoms with Crippen LogP contribution in [0.2, 0.25) is 0 Å². The average Bonchev–Trinajstić information content (AvgIpc) is 2.15. The summed E-state index contributed by atoms with van der Waals surface area (Å²) in [6.45, 7) is -0.129. The molecule has 1 aliphatic heterocycles. The van der Waals surface area contributed by atoms with Crippen molar-refractivity contribution in [2.45, 2.75) is 6.10 Å². The number of halogens is 1. The third-order valence-corrected chi connectivity index (χ3v) is 2.68. The first-order valence-corrected chi connectivity index (χ1v) is 7.32. The van der Waals surface area contributed by atoms with Gasteiger partial charge in [0.1, 0.15) is 19.2 Å². The molecular formula is C6H12ClN4O3P. The highest BCUT2D eigenvalue weighted by Crippen LogP contribution is 2.48. The normalized spacial score (nSPS) is 25.5. The van der Waals surface area contributed by atoms with Crippen molar-refractivity contribution in [1.29, 1.82) is 0 Å². The van der Waals surface area contributed by atoms with Crippen LogP contribution < -0.4 is 0 Å². The Labute approximate surface area is 92.1 Å². The van der Waals surface area contributed by atoms with Crippen LogP contribution in [0.1, 0.15) is 0 Å². The first kappa shape index (κ1) is 12.6. The van der Waals surface area contributed by atoms with Crippen molar-refractivity contribution in [3.05, 3.63) is 10.4 Å². The van der Waals surface area contributed by atoms with Crippen molar-refractivity contribution >= 4 is 18.0 Å². The molecule has 0 bridgehead atoms. The van der Waals surface area contributed by atoms with E-state index in [9.17, 15) is 4.57 Å². The lowest BCUT2D eigenvalue weighted by Gasteiger charge is -2.27. The van der Waals surface area contributed by atoms with E-state index in [1.807, 2.05) is 0 Å². The summed E-state index contributed by atoms with van der Waals surface area (Å²) in [5.74, 6) is 0. The maximum absolute atomic E-state index is 11.1. The Kier molecular flexibility index (Phi) is 4.70. The zero-order valence-corrected chi connectivity index (χ0v) is 9.89. The fraction of sp³-hybridized carbons (Fsp3) is 1.00.